The van der Waals surface area contributed by atoms with E-state index in [1.54, 1.807) is 25.3 Å². The number of nitriles is 1. The lowest BCUT2D eigenvalue weighted by Gasteiger charge is -2.11. The topological polar surface area (TPSA) is 42.2 Å². The van der Waals surface area contributed by atoms with Gasteiger partial charge in [-0.2, -0.15) is 5.26 Å². The lowest BCUT2D eigenvalue weighted by Crippen LogP contribution is -2.00. The standard InChI is InChI=1S/C12H15NO2/c1-3-4-8-15-12-10(9-13)6-5-7-11(12)14-2/h5-7H,3-4,8H2,1-2H3. The molecule has 0 heterocycles. The number of para-hydroxylation sites is 1. The zero-order valence-electron chi connectivity index (χ0n) is 9.12. The summed E-state index contributed by atoms with van der Waals surface area (Å²) in [5, 5.41) is 8.91. The molecule has 1 rings (SSSR count). The highest BCUT2D eigenvalue weighted by Crippen LogP contribution is 2.30. The van der Waals surface area contributed by atoms with E-state index in [0.717, 1.165) is 12.8 Å². The van der Waals surface area contributed by atoms with Crippen LogP contribution in [-0.4, -0.2) is 13.7 Å². The smallest absolute Gasteiger partial charge is 0.178 e. The molecule has 0 aliphatic rings. The van der Waals surface area contributed by atoms with Crippen molar-refractivity contribution in [2.75, 3.05) is 13.7 Å². The Bertz CT molecular complexity index is 355. The quantitative estimate of drug-likeness (QED) is 0.694. The fourth-order valence-corrected chi connectivity index (χ4v) is 1.23. The molecule has 0 aliphatic heterocycles. The van der Waals surface area contributed by atoms with Crippen molar-refractivity contribution in [3.05, 3.63) is 23.8 Å². The fraction of sp³-hybridized carbons (Fsp3) is 0.417. The second-order valence-corrected chi connectivity index (χ2v) is 3.15. The number of rotatable bonds is 5. The van der Waals surface area contributed by atoms with E-state index >= 15 is 0 Å². The maximum absolute atomic E-state index is 8.91. The molecule has 3 heteroatoms. The van der Waals surface area contributed by atoms with E-state index in [1.165, 1.54) is 0 Å². The zero-order valence-corrected chi connectivity index (χ0v) is 9.12. The van der Waals surface area contributed by atoms with Gasteiger partial charge in [0, 0.05) is 0 Å². The van der Waals surface area contributed by atoms with Crippen LogP contribution in [0.3, 0.4) is 0 Å². The van der Waals surface area contributed by atoms with Crippen LogP contribution < -0.4 is 9.47 Å². The third kappa shape index (κ3) is 2.88. The molecule has 15 heavy (non-hydrogen) atoms. The molecule has 0 saturated heterocycles. The van der Waals surface area contributed by atoms with Gasteiger partial charge >= 0.3 is 0 Å². The summed E-state index contributed by atoms with van der Waals surface area (Å²) in [6, 6.07) is 7.39. The van der Waals surface area contributed by atoms with Gasteiger partial charge in [0.25, 0.3) is 0 Å². The molecule has 1 aromatic carbocycles. The van der Waals surface area contributed by atoms with E-state index in [9.17, 15) is 0 Å². The number of hydrogen-bond acceptors (Lipinski definition) is 3. The van der Waals surface area contributed by atoms with Crippen LogP contribution in [0.5, 0.6) is 11.5 Å². The highest BCUT2D eigenvalue weighted by Gasteiger charge is 2.09. The van der Waals surface area contributed by atoms with Crippen LogP contribution in [0.2, 0.25) is 0 Å². The summed E-state index contributed by atoms with van der Waals surface area (Å²) < 4.78 is 10.7. The van der Waals surface area contributed by atoms with Gasteiger partial charge in [-0.3, -0.25) is 0 Å². The molecule has 80 valence electrons. The number of hydrogen-bond donors (Lipinski definition) is 0. The third-order valence-electron chi connectivity index (χ3n) is 2.06. The van der Waals surface area contributed by atoms with E-state index in [1.807, 2.05) is 0 Å². The predicted octanol–water partition coefficient (Wildman–Crippen LogP) is 2.75. The lowest BCUT2D eigenvalue weighted by atomic mass is 10.2. The molecule has 0 aromatic heterocycles. The maximum atomic E-state index is 8.91. The molecule has 0 N–H and O–H groups in total. The minimum atomic E-state index is 0.519. The Morgan fingerprint density at radius 3 is 2.80 bits per heavy atom. The van der Waals surface area contributed by atoms with Crippen molar-refractivity contribution in [3.63, 3.8) is 0 Å². The van der Waals surface area contributed by atoms with Crippen LogP contribution in [0.1, 0.15) is 25.3 Å². The van der Waals surface area contributed by atoms with E-state index in [4.69, 9.17) is 14.7 Å². The minimum Gasteiger partial charge on any atom is -0.493 e. The molecule has 0 aliphatic carbocycles. The largest absolute Gasteiger partial charge is 0.493 e. The first-order chi connectivity index (χ1) is 7.33. The molecular weight excluding hydrogens is 190 g/mol. The molecule has 0 atom stereocenters. The van der Waals surface area contributed by atoms with Gasteiger partial charge in [0.05, 0.1) is 19.3 Å². The van der Waals surface area contributed by atoms with Crippen molar-refractivity contribution in [1.29, 1.82) is 5.26 Å². The predicted molar refractivity (Wildman–Crippen MR) is 58.1 cm³/mol. The minimum absolute atomic E-state index is 0.519. The summed E-state index contributed by atoms with van der Waals surface area (Å²) in [6.07, 6.45) is 2.04. The van der Waals surface area contributed by atoms with Crippen LogP contribution in [-0.2, 0) is 0 Å². The van der Waals surface area contributed by atoms with Crippen LogP contribution in [0, 0.1) is 11.3 Å². The number of ether oxygens (including phenoxy) is 2. The molecule has 0 radical (unpaired) electrons. The van der Waals surface area contributed by atoms with Gasteiger partial charge in [-0.15, -0.1) is 0 Å². The Labute approximate surface area is 90.2 Å². The van der Waals surface area contributed by atoms with Gasteiger partial charge in [0.15, 0.2) is 11.5 Å². The lowest BCUT2D eigenvalue weighted by molar-refractivity contribution is 0.287. The monoisotopic (exact) mass is 205 g/mol. The first kappa shape index (κ1) is 11.4. The molecular formula is C12H15NO2. The van der Waals surface area contributed by atoms with Crippen molar-refractivity contribution in [1.82, 2.24) is 0 Å². The van der Waals surface area contributed by atoms with Crippen molar-refractivity contribution in [2.24, 2.45) is 0 Å². The summed E-state index contributed by atoms with van der Waals surface area (Å²) in [5.41, 5.74) is 0.519. The normalized spacial score (nSPS) is 9.40. The Hall–Kier alpha value is -1.69. The number of unbranched alkanes of at least 4 members (excludes halogenated alkanes) is 1. The molecule has 1 aromatic rings. The molecule has 0 bridgehead atoms. The average Bonchev–Trinajstić information content (AvgIpc) is 2.29. The maximum Gasteiger partial charge on any atom is 0.178 e. The fourth-order valence-electron chi connectivity index (χ4n) is 1.23. The Morgan fingerprint density at radius 2 is 2.20 bits per heavy atom. The molecule has 0 fully saturated rings. The van der Waals surface area contributed by atoms with Gasteiger partial charge < -0.3 is 9.47 Å². The van der Waals surface area contributed by atoms with E-state index < -0.39 is 0 Å². The molecule has 3 nitrogen and oxygen atoms in total. The number of benzene rings is 1. The second-order valence-electron chi connectivity index (χ2n) is 3.15. The van der Waals surface area contributed by atoms with Gasteiger partial charge in [0.1, 0.15) is 6.07 Å². The molecule has 0 saturated carbocycles. The summed E-state index contributed by atoms with van der Waals surface area (Å²) in [5.74, 6) is 1.17. The van der Waals surface area contributed by atoms with Crippen molar-refractivity contribution >= 4 is 0 Å². The summed E-state index contributed by atoms with van der Waals surface area (Å²) in [7, 11) is 1.57. The summed E-state index contributed by atoms with van der Waals surface area (Å²) in [6.45, 7) is 2.71. The van der Waals surface area contributed by atoms with Gasteiger partial charge in [0.2, 0.25) is 0 Å². The highest BCUT2D eigenvalue weighted by molar-refractivity contribution is 5.52. The van der Waals surface area contributed by atoms with E-state index in [0.29, 0.717) is 23.7 Å². The van der Waals surface area contributed by atoms with Crippen molar-refractivity contribution < 1.29 is 9.47 Å². The van der Waals surface area contributed by atoms with Crippen molar-refractivity contribution in [3.8, 4) is 17.6 Å². The number of methoxy groups -OCH3 is 1. The second kappa shape index (κ2) is 5.92. The van der Waals surface area contributed by atoms with E-state index in [-0.39, 0.29) is 0 Å². The Balaban J connectivity index is 2.86. The van der Waals surface area contributed by atoms with Gasteiger partial charge in [-0.25, -0.2) is 0 Å². The third-order valence-corrected chi connectivity index (χ3v) is 2.06. The van der Waals surface area contributed by atoms with Crippen molar-refractivity contribution in [2.45, 2.75) is 19.8 Å². The first-order valence-electron chi connectivity index (χ1n) is 5.03. The van der Waals surface area contributed by atoms with Crippen LogP contribution >= 0.6 is 0 Å². The molecule has 0 spiro atoms. The highest BCUT2D eigenvalue weighted by atomic mass is 16.5. The first-order valence-corrected chi connectivity index (χ1v) is 5.03. The Morgan fingerprint density at radius 1 is 1.40 bits per heavy atom. The zero-order chi connectivity index (χ0) is 11.1. The SMILES string of the molecule is CCCCOc1c(C#N)cccc1OC. The molecule has 0 unspecified atom stereocenters. The summed E-state index contributed by atoms with van der Waals surface area (Å²) >= 11 is 0. The Kier molecular flexibility index (Phi) is 4.49. The van der Waals surface area contributed by atoms with Gasteiger partial charge in [-0.1, -0.05) is 19.4 Å². The van der Waals surface area contributed by atoms with Gasteiger partial charge in [-0.05, 0) is 18.6 Å². The summed E-state index contributed by atoms with van der Waals surface area (Å²) in [4.78, 5) is 0. The van der Waals surface area contributed by atoms with E-state index in [2.05, 4.69) is 13.0 Å². The number of nitrogens with zero attached hydrogens (tertiary/aromatic N) is 1. The van der Waals surface area contributed by atoms with Crippen LogP contribution in [0.4, 0.5) is 0 Å². The van der Waals surface area contributed by atoms with Crippen LogP contribution in [0.15, 0.2) is 18.2 Å². The molecule has 0 amide bonds. The average molecular weight is 205 g/mol. The van der Waals surface area contributed by atoms with Crippen LogP contribution in [0.25, 0.3) is 0 Å².